The molecule has 0 radical (unpaired) electrons. The van der Waals surface area contributed by atoms with E-state index < -0.39 is 28.3 Å². The largest absolute Gasteiger partial charge is 0.333 e. The van der Waals surface area contributed by atoms with Crippen LogP contribution < -0.4 is 0 Å². The van der Waals surface area contributed by atoms with Gasteiger partial charge in [-0.25, -0.2) is 18.4 Å². The van der Waals surface area contributed by atoms with Crippen molar-refractivity contribution >= 4 is 55.0 Å². The number of benzene rings is 3. The Morgan fingerprint density at radius 2 is 1.68 bits per heavy atom. The van der Waals surface area contributed by atoms with Crippen LogP contribution in [-0.4, -0.2) is 76.3 Å². The van der Waals surface area contributed by atoms with Gasteiger partial charge in [0.05, 0.1) is 27.2 Å². The summed E-state index contributed by atoms with van der Waals surface area (Å²) in [5.41, 5.74) is 4.31. The van der Waals surface area contributed by atoms with Crippen molar-refractivity contribution in [3.05, 3.63) is 94.5 Å². The molecule has 0 spiro atoms. The molecule has 2 aliphatic heterocycles. The summed E-state index contributed by atoms with van der Waals surface area (Å²) in [4.78, 5) is 36.6. The minimum atomic E-state index is -4.13. The van der Waals surface area contributed by atoms with Crippen LogP contribution in [-0.2, 0) is 32.6 Å². The van der Waals surface area contributed by atoms with Gasteiger partial charge in [-0.3, -0.25) is 9.59 Å². The van der Waals surface area contributed by atoms with E-state index in [1.165, 1.54) is 15.8 Å². The van der Waals surface area contributed by atoms with Crippen LogP contribution in [0.4, 0.5) is 0 Å². The molecule has 230 valence electrons. The van der Waals surface area contributed by atoms with E-state index >= 15 is 0 Å². The number of rotatable bonds is 8. The smallest absolute Gasteiger partial charge is 0.258 e. The zero-order chi connectivity index (χ0) is 31.2. The molecule has 2 aliphatic rings. The van der Waals surface area contributed by atoms with E-state index in [4.69, 9.17) is 11.6 Å². The van der Waals surface area contributed by atoms with E-state index in [1.54, 1.807) is 69.8 Å². The van der Waals surface area contributed by atoms with Crippen molar-refractivity contribution in [3.8, 4) is 0 Å². The van der Waals surface area contributed by atoms with Crippen LogP contribution in [0.5, 0.6) is 0 Å². The number of sulfonamides is 1. The van der Waals surface area contributed by atoms with Gasteiger partial charge in [0, 0.05) is 18.6 Å². The minimum absolute atomic E-state index is 0.0176. The summed E-state index contributed by atoms with van der Waals surface area (Å²) in [6.45, 7) is 4.27. The number of carbonyl (C=O) groups is 2. The molecule has 0 aliphatic carbocycles. The summed E-state index contributed by atoms with van der Waals surface area (Å²) in [6.07, 6.45) is -0.292. The number of carbonyl (C=O) groups excluding carboxylic acids is 2. The third-order valence-corrected chi connectivity index (χ3v) is 11.2. The molecule has 1 unspecified atom stereocenters. The summed E-state index contributed by atoms with van der Waals surface area (Å²) >= 11 is 7.64. The number of amides is 2. The molecule has 12 heteroatoms. The molecule has 1 aromatic heterocycles. The molecule has 6 rings (SSSR count). The van der Waals surface area contributed by atoms with Crippen LogP contribution in [0.25, 0.3) is 10.2 Å². The quantitative estimate of drug-likeness (QED) is 0.266. The predicted molar refractivity (Wildman–Crippen MR) is 171 cm³/mol. The number of aromatic nitrogens is 1. The first-order valence-electron chi connectivity index (χ1n) is 14.5. The van der Waals surface area contributed by atoms with Gasteiger partial charge in [-0.05, 0) is 60.2 Å². The molecule has 0 N–H and O–H groups in total. The summed E-state index contributed by atoms with van der Waals surface area (Å²) < 4.78 is 31.2. The van der Waals surface area contributed by atoms with Crippen molar-refractivity contribution in [1.29, 1.82) is 0 Å². The van der Waals surface area contributed by atoms with Crippen LogP contribution in [0, 0.1) is 5.92 Å². The zero-order valence-electron chi connectivity index (χ0n) is 24.7. The van der Waals surface area contributed by atoms with Crippen LogP contribution in [0.1, 0.15) is 31.4 Å². The maximum atomic E-state index is 14.5. The Morgan fingerprint density at radius 1 is 0.955 bits per heavy atom. The number of hydrogen-bond acceptors (Lipinski definition) is 7. The number of nitrogens with zero attached hydrogens (tertiary/aromatic N) is 5. The first-order valence-corrected chi connectivity index (χ1v) is 17.2. The van der Waals surface area contributed by atoms with Crippen LogP contribution in [0.2, 0.25) is 5.02 Å². The van der Waals surface area contributed by atoms with E-state index in [9.17, 15) is 18.0 Å². The van der Waals surface area contributed by atoms with Gasteiger partial charge in [0.15, 0.2) is 0 Å². The number of para-hydroxylation sites is 1. The number of hydrogen-bond donors (Lipinski definition) is 0. The molecule has 2 saturated heterocycles. The summed E-state index contributed by atoms with van der Waals surface area (Å²) in [7, 11) is -2.49. The molecule has 4 aromatic rings. The van der Waals surface area contributed by atoms with Gasteiger partial charge in [-0.2, -0.15) is 0 Å². The van der Waals surface area contributed by atoms with Crippen LogP contribution >= 0.6 is 22.9 Å². The maximum absolute atomic E-state index is 14.5. The lowest BCUT2D eigenvalue weighted by Crippen LogP contribution is -2.77. The Kier molecular flexibility index (Phi) is 8.51. The van der Waals surface area contributed by atoms with Gasteiger partial charge in [0.2, 0.25) is 11.8 Å². The molecule has 2 amide bonds. The number of thiazole rings is 1. The van der Waals surface area contributed by atoms with Gasteiger partial charge < -0.3 is 9.80 Å². The number of piperazine rings is 1. The fourth-order valence-corrected chi connectivity index (χ4v) is 8.75. The Hall–Kier alpha value is -3.35. The average molecular weight is 652 g/mol. The molecule has 44 heavy (non-hydrogen) atoms. The highest BCUT2D eigenvalue weighted by Crippen LogP contribution is 2.36. The molecule has 0 bridgehead atoms. The van der Waals surface area contributed by atoms with E-state index in [0.29, 0.717) is 11.4 Å². The fraction of sp³-hybridized carbons (Fsp3) is 0.344. The fourth-order valence-electron chi connectivity index (χ4n) is 6.24. The Labute approximate surface area is 266 Å². The first-order chi connectivity index (χ1) is 21.1. The van der Waals surface area contributed by atoms with Crippen LogP contribution in [0.3, 0.4) is 0 Å². The lowest BCUT2D eigenvalue weighted by atomic mass is 9.94. The lowest BCUT2D eigenvalue weighted by molar-refractivity contribution is -0.191. The third-order valence-electron chi connectivity index (χ3n) is 8.32. The topological polar surface area (TPSA) is 94.1 Å². The second-order valence-electron chi connectivity index (χ2n) is 11.7. The van der Waals surface area contributed by atoms with E-state index in [1.807, 2.05) is 44.2 Å². The van der Waals surface area contributed by atoms with Gasteiger partial charge >= 0.3 is 0 Å². The third kappa shape index (κ3) is 5.63. The van der Waals surface area contributed by atoms with Crippen molar-refractivity contribution in [2.45, 2.75) is 56.4 Å². The highest BCUT2D eigenvalue weighted by Gasteiger charge is 2.56. The Bertz CT molecular complexity index is 1780. The maximum Gasteiger partial charge on any atom is 0.258 e. The molecule has 2 fully saturated rings. The number of halogens is 1. The molecule has 3 heterocycles. The van der Waals surface area contributed by atoms with Gasteiger partial charge in [0.25, 0.3) is 10.0 Å². The second kappa shape index (κ2) is 12.2. The molecule has 9 nitrogen and oxygen atoms in total. The number of hydrazine groups is 1. The van der Waals surface area contributed by atoms with E-state index in [-0.39, 0.29) is 42.1 Å². The van der Waals surface area contributed by atoms with E-state index in [0.717, 1.165) is 21.3 Å². The summed E-state index contributed by atoms with van der Waals surface area (Å²) in [5, 5.41) is 2.11. The van der Waals surface area contributed by atoms with Crippen LogP contribution in [0.15, 0.2) is 83.2 Å². The Balaban J connectivity index is 1.45. The SMILES string of the molecule is CC(C)C[C@H]1C(=O)N(Cc2cccc3scnc23)C[C@H]2N1C(=O)C(Cc1ccc(Cl)cc1)N(C)N2S(=O)(=O)c1ccccc1. The van der Waals surface area contributed by atoms with E-state index in [2.05, 4.69) is 4.98 Å². The molecule has 0 saturated carbocycles. The lowest BCUT2D eigenvalue weighted by Gasteiger charge is -2.56. The monoisotopic (exact) mass is 651 g/mol. The molecular weight excluding hydrogens is 618 g/mol. The number of fused-ring (bicyclic) bond motifs is 2. The first kappa shape index (κ1) is 30.7. The van der Waals surface area contributed by atoms with Gasteiger partial charge in [-0.1, -0.05) is 67.9 Å². The molecular formula is C32H34ClN5O4S2. The summed E-state index contributed by atoms with van der Waals surface area (Å²) in [5.74, 6) is -0.387. The molecule has 3 atom stereocenters. The number of likely N-dealkylation sites (N-methyl/N-ethyl adjacent to an activating group) is 1. The molecule has 3 aromatic carbocycles. The minimum Gasteiger partial charge on any atom is -0.333 e. The van der Waals surface area contributed by atoms with Gasteiger partial charge in [-0.15, -0.1) is 15.8 Å². The summed E-state index contributed by atoms with van der Waals surface area (Å²) in [6, 6.07) is 19.6. The highest BCUT2D eigenvalue weighted by atomic mass is 35.5. The van der Waals surface area contributed by atoms with Crippen molar-refractivity contribution in [2.75, 3.05) is 13.6 Å². The Morgan fingerprint density at radius 3 is 2.39 bits per heavy atom. The van der Waals surface area contributed by atoms with Gasteiger partial charge in [0.1, 0.15) is 18.2 Å². The zero-order valence-corrected chi connectivity index (χ0v) is 27.1. The second-order valence-corrected chi connectivity index (χ2v) is 14.8. The van der Waals surface area contributed by atoms with Crippen molar-refractivity contribution in [1.82, 2.24) is 24.2 Å². The normalized spacial score (nSPS) is 21.8. The predicted octanol–water partition coefficient (Wildman–Crippen LogP) is 5.02. The average Bonchev–Trinajstić information content (AvgIpc) is 3.49. The standard InChI is InChI=1S/C32H34ClN5O4S2/c1-21(2)16-27-31(39)36(18-23-8-7-11-28-30(23)34-20-43-28)19-29-37(27)32(40)26(17-22-12-14-24(33)15-13-22)35(3)38(29)44(41,42)25-9-5-4-6-10-25/h4-15,20-21,26-27,29H,16-19H2,1-3H3/t26?,27-,29-/m0/s1. The highest BCUT2D eigenvalue weighted by molar-refractivity contribution is 7.89. The van der Waals surface area contributed by atoms with Crippen molar-refractivity contribution in [3.63, 3.8) is 0 Å². The van der Waals surface area contributed by atoms with Crippen molar-refractivity contribution < 1.29 is 18.0 Å². The van der Waals surface area contributed by atoms with Crippen molar-refractivity contribution in [2.24, 2.45) is 5.92 Å².